The first-order valence-corrected chi connectivity index (χ1v) is 6.76. The fourth-order valence-electron chi connectivity index (χ4n) is 2.32. The summed E-state index contributed by atoms with van der Waals surface area (Å²) in [6.07, 6.45) is 1.28. The molecule has 1 aliphatic heterocycles. The molecule has 2 N–H and O–H groups in total. The molecular weight excluding hydrogens is 314 g/mol. The first-order chi connectivity index (χ1) is 8.99. The van der Waals surface area contributed by atoms with Gasteiger partial charge in [0.05, 0.1) is 4.92 Å². The molecular formula is C12H14BrN3O3. The van der Waals surface area contributed by atoms with E-state index in [1.807, 2.05) is 4.90 Å². The van der Waals surface area contributed by atoms with Crippen LogP contribution < -0.4 is 10.6 Å². The molecule has 1 aromatic carbocycles. The number of hydrogen-bond donors (Lipinski definition) is 1. The molecule has 6 nitrogen and oxygen atoms in total. The van der Waals surface area contributed by atoms with Crippen molar-refractivity contribution in [2.24, 2.45) is 11.7 Å². The van der Waals surface area contributed by atoms with Gasteiger partial charge in [0.15, 0.2) is 0 Å². The average molecular weight is 328 g/mol. The summed E-state index contributed by atoms with van der Waals surface area (Å²) in [7, 11) is 0. The molecule has 0 spiro atoms. The molecule has 7 heteroatoms. The molecule has 19 heavy (non-hydrogen) atoms. The van der Waals surface area contributed by atoms with Gasteiger partial charge < -0.3 is 10.6 Å². The number of anilines is 1. The molecule has 0 radical (unpaired) electrons. The highest BCUT2D eigenvalue weighted by atomic mass is 79.9. The molecule has 1 aromatic rings. The van der Waals surface area contributed by atoms with Gasteiger partial charge in [0.2, 0.25) is 5.91 Å². The number of benzene rings is 1. The number of carbonyl (C=O) groups excluding carboxylic acids is 1. The smallest absolute Gasteiger partial charge is 0.293 e. The number of piperidine rings is 1. The Morgan fingerprint density at radius 1 is 1.42 bits per heavy atom. The van der Waals surface area contributed by atoms with Crippen molar-refractivity contribution in [1.82, 2.24) is 0 Å². The molecule has 2 rings (SSSR count). The number of nitrogens with zero attached hydrogens (tertiary/aromatic N) is 2. The Hall–Kier alpha value is -1.63. The molecule has 0 aromatic heterocycles. The summed E-state index contributed by atoms with van der Waals surface area (Å²) in [5, 5.41) is 11.1. The number of carbonyl (C=O) groups is 1. The van der Waals surface area contributed by atoms with E-state index in [1.54, 1.807) is 12.1 Å². The van der Waals surface area contributed by atoms with Crippen LogP contribution in [-0.2, 0) is 4.79 Å². The zero-order chi connectivity index (χ0) is 14.0. The highest BCUT2D eigenvalue weighted by Gasteiger charge is 2.27. The number of nitrogens with two attached hydrogens (primary N) is 1. The second-order valence-electron chi connectivity index (χ2n) is 4.55. The van der Waals surface area contributed by atoms with Gasteiger partial charge in [-0.05, 0) is 25.0 Å². The number of nitro groups is 1. The van der Waals surface area contributed by atoms with Crippen LogP contribution in [0.2, 0.25) is 0 Å². The van der Waals surface area contributed by atoms with E-state index in [4.69, 9.17) is 5.73 Å². The molecule has 102 valence electrons. The highest BCUT2D eigenvalue weighted by molar-refractivity contribution is 9.10. The van der Waals surface area contributed by atoms with E-state index in [9.17, 15) is 14.9 Å². The largest absolute Gasteiger partial charge is 0.369 e. The number of rotatable bonds is 3. The number of hydrogen-bond acceptors (Lipinski definition) is 4. The minimum absolute atomic E-state index is 0.0758. The van der Waals surface area contributed by atoms with Crippen molar-refractivity contribution < 1.29 is 9.72 Å². The standard InChI is InChI=1S/C12H14BrN3O3/c13-9-1-2-10(11(7-9)16(18)19)15-5-3-8(4-6-15)12(14)17/h1-2,7-8H,3-6H2,(H2,14,17). The first kappa shape index (κ1) is 13.8. The summed E-state index contributed by atoms with van der Waals surface area (Å²) in [5.74, 6) is -0.407. The Morgan fingerprint density at radius 3 is 2.58 bits per heavy atom. The van der Waals surface area contributed by atoms with Crippen LogP contribution in [0.25, 0.3) is 0 Å². The Labute approximate surface area is 118 Å². The maximum atomic E-state index is 11.1. The summed E-state index contributed by atoms with van der Waals surface area (Å²) in [5.41, 5.74) is 5.95. The van der Waals surface area contributed by atoms with E-state index in [0.29, 0.717) is 36.1 Å². The first-order valence-electron chi connectivity index (χ1n) is 5.97. The molecule has 1 saturated heterocycles. The zero-order valence-corrected chi connectivity index (χ0v) is 11.8. The summed E-state index contributed by atoms with van der Waals surface area (Å²) in [6.45, 7) is 1.21. The molecule has 1 fully saturated rings. The fraction of sp³-hybridized carbons (Fsp3) is 0.417. The lowest BCUT2D eigenvalue weighted by molar-refractivity contribution is -0.384. The third kappa shape index (κ3) is 3.04. The Bertz CT molecular complexity index is 513. The van der Waals surface area contributed by atoms with E-state index in [-0.39, 0.29) is 22.4 Å². The van der Waals surface area contributed by atoms with Crippen LogP contribution in [0.1, 0.15) is 12.8 Å². The third-order valence-electron chi connectivity index (χ3n) is 3.37. The van der Waals surface area contributed by atoms with Gasteiger partial charge in [-0.1, -0.05) is 15.9 Å². The van der Waals surface area contributed by atoms with Crippen molar-refractivity contribution >= 4 is 33.2 Å². The third-order valence-corrected chi connectivity index (χ3v) is 3.87. The van der Waals surface area contributed by atoms with Crippen molar-refractivity contribution in [2.45, 2.75) is 12.8 Å². The van der Waals surface area contributed by atoms with Crippen LogP contribution in [0.5, 0.6) is 0 Å². The van der Waals surface area contributed by atoms with Gasteiger partial charge in [-0.15, -0.1) is 0 Å². The van der Waals surface area contributed by atoms with Crippen molar-refractivity contribution in [3.8, 4) is 0 Å². The van der Waals surface area contributed by atoms with E-state index >= 15 is 0 Å². The quantitative estimate of drug-likeness (QED) is 0.679. The van der Waals surface area contributed by atoms with Gasteiger partial charge in [-0.3, -0.25) is 14.9 Å². The minimum atomic E-state index is -0.389. The summed E-state index contributed by atoms with van der Waals surface area (Å²) in [6, 6.07) is 5.00. The Balaban J connectivity index is 2.20. The molecule has 0 bridgehead atoms. The topological polar surface area (TPSA) is 89.5 Å². The normalized spacial score (nSPS) is 16.4. The highest BCUT2D eigenvalue weighted by Crippen LogP contribution is 2.33. The van der Waals surface area contributed by atoms with Crippen LogP contribution in [0.4, 0.5) is 11.4 Å². The van der Waals surface area contributed by atoms with Crippen molar-refractivity contribution in [3.63, 3.8) is 0 Å². The minimum Gasteiger partial charge on any atom is -0.369 e. The van der Waals surface area contributed by atoms with Gasteiger partial charge in [0.1, 0.15) is 5.69 Å². The molecule has 0 atom stereocenters. The molecule has 0 aliphatic carbocycles. The number of amides is 1. The Morgan fingerprint density at radius 2 is 2.05 bits per heavy atom. The van der Waals surface area contributed by atoms with Crippen LogP contribution in [-0.4, -0.2) is 23.9 Å². The average Bonchev–Trinajstić information content (AvgIpc) is 2.38. The summed E-state index contributed by atoms with van der Waals surface area (Å²) < 4.78 is 0.676. The zero-order valence-electron chi connectivity index (χ0n) is 10.2. The van der Waals surface area contributed by atoms with Gasteiger partial charge in [0, 0.05) is 29.5 Å². The van der Waals surface area contributed by atoms with Crippen LogP contribution in [0, 0.1) is 16.0 Å². The van der Waals surface area contributed by atoms with E-state index in [0.717, 1.165) is 0 Å². The number of primary amides is 1. The van der Waals surface area contributed by atoms with E-state index in [2.05, 4.69) is 15.9 Å². The van der Waals surface area contributed by atoms with Gasteiger partial charge in [-0.25, -0.2) is 0 Å². The molecule has 1 amide bonds. The van der Waals surface area contributed by atoms with Crippen LogP contribution in [0.15, 0.2) is 22.7 Å². The van der Waals surface area contributed by atoms with Gasteiger partial charge in [0.25, 0.3) is 5.69 Å². The van der Waals surface area contributed by atoms with Crippen molar-refractivity contribution in [3.05, 3.63) is 32.8 Å². The summed E-state index contributed by atoms with van der Waals surface area (Å²) in [4.78, 5) is 23.7. The second-order valence-corrected chi connectivity index (χ2v) is 5.47. The number of halogens is 1. The van der Waals surface area contributed by atoms with Crippen LogP contribution >= 0.6 is 15.9 Å². The predicted molar refractivity (Wildman–Crippen MR) is 74.9 cm³/mol. The lowest BCUT2D eigenvalue weighted by atomic mass is 9.96. The van der Waals surface area contributed by atoms with Crippen molar-refractivity contribution in [1.29, 1.82) is 0 Å². The van der Waals surface area contributed by atoms with Gasteiger partial charge in [-0.2, -0.15) is 0 Å². The molecule has 1 heterocycles. The van der Waals surface area contributed by atoms with E-state index < -0.39 is 0 Å². The summed E-state index contributed by atoms with van der Waals surface area (Å²) >= 11 is 3.23. The maximum absolute atomic E-state index is 11.1. The SMILES string of the molecule is NC(=O)C1CCN(c2ccc(Br)cc2[N+](=O)[O-])CC1. The van der Waals surface area contributed by atoms with Crippen LogP contribution in [0.3, 0.4) is 0 Å². The lowest BCUT2D eigenvalue weighted by Crippen LogP contribution is -2.38. The number of nitro benzene ring substituents is 1. The Kier molecular flexibility index (Phi) is 4.04. The monoisotopic (exact) mass is 327 g/mol. The second kappa shape index (κ2) is 5.56. The molecule has 0 unspecified atom stereocenters. The molecule has 0 saturated carbocycles. The van der Waals surface area contributed by atoms with E-state index in [1.165, 1.54) is 6.07 Å². The maximum Gasteiger partial charge on any atom is 0.293 e. The van der Waals surface area contributed by atoms with Gasteiger partial charge >= 0.3 is 0 Å². The molecule has 1 aliphatic rings. The lowest BCUT2D eigenvalue weighted by Gasteiger charge is -2.31. The van der Waals surface area contributed by atoms with Crippen molar-refractivity contribution in [2.75, 3.05) is 18.0 Å². The fourth-order valence-corrected chi connectivity index (χ4v) is 2.66. The predicted octanol–water partition coefficient (Wildman–Crippen LogP) is 2.06.